The fraction of sp³-hybridized carbons (Fsp3) is 0.400. The highest BCUT2D eigenvalue weighted by atomic mass is 35.5. The zero-order valence-corrected chi connectivity index (χ0v) is 16.2. The Bertz CT molecular complexity index is 682. The number of anilines is 1. The maximum absolute atomic E-state index is 11.9. The molecule has 1 N–H and O–H groups in total. The Morgan fingerprint density at radius 3 is 2.96 bits per heavy atom. The molecule has 1 heterocycles. The lowest BCUT2D eigenvalue weighted by Crippen LogP contribution is -2.12. The van der Waals surface area contributed by atoms with Gasteiger partial charge < -0.3 is 10.1 Å². The summed E-state index contributed by atoms with van der Waals surface area (Å²) in [4.78, 5) is 11.9. The van der Waals surface area contributed by atoms with Gasteiger partial charge in [-0.1, -0.05) is 53.2 Å². The van der Waals surface area contributed by atoms with Crippen molar-refractivity contribution in [3.63, 3.8) is 0 Å². The van der Waals surface area contributed by atoms with Crippen LogP contribution in [0.5, 0.6) is 5.75 Å². The minimum atomic E-state index is -0.107. The lowest BCUT2D eigenvalue weighted by Gasteiger charge is -2.07. The number of ether oxygens (including phenoxy) is 1. The Kier molecular flexibility index (Phi) is 8.11. The van der Waals surface area contributed by atoms with Gasteiger partial charge in [0.25, 0.3) is 0 Å². The second-order valence-electron chi connectivity index (χ2n) is 4.80. The molecule has 0 atom stereocenters. The fourth-order valence-electron chi connectivity index (χ4n) is 1.70. The molecule has 0 bridgehead atoms. The van der Waals surface area contributed by atoms with Crippen LogP contribution >= 0.6 is 46.3 Å². The summed E-state index contributed by atoms with van der Waals surface area (Å²) in [6, 6.07) is 5.04. The van der Waals surface area contributed by atoms with E-state index in [-0.39, 0.29) is 5.91 Å². The highest BCUT2D eigenvalue weighted by molar-refractivity contribution is 8.01. The third kappa shape index (κ3) is 6.47. The van der Waals surface area contributed by atoms with Gasteiger partial charge in [0, 0.05) is 17.2 Å². The van der Waals surface area contributed by atoms with Crippen LogP contribution < -0.4 is 10.1 Å². The molecule has 0 aliphatic carbocycles. The zero-order valence-electron chi connectivity index (χ0n) is 13.1. The van der Waals surface area contributed by atoms with Crippen molar-refractivity contribution in [2.45, 2.75) is 30.5 Å². The van der Waals surface area contributed by atoms with Crippen molar-refractivity contribution < 1.29 is 9.53 Å². The van der Waals surface area contributed by atoms with Crippen molar-refractivity contribution in [1.82, 2.24) is 10.2 Å². The lowest BCUT2D eigenvalue weighted by atomic mass is 10.3. The number of rotatable bonds is 9. The van der Waals surface area contributed by atoms with Crippen molar-refractivity contribution in [3.05, 3.63) is 28.2 Å². The number of thioether (sulfide) groups is 1. The number of carbonyl (C=O) groups is 1. The first kappa shape index (κ1) is 19.3. The third-order valence-corrected chi connectivity index (χ3v) is 5.49. The summed E-state index contributed by atoms with van der Waals surface area (Å²) in [5.41, 5.74) is 0. The van der Waals surface area contributed by atoms with E-state index in [0.29, 0.717) is 40.4 Å². The van der Waals surface area contributed by atoms with Gasteiger partial charge in [-0.25, -0.2) is 0 Å². The molecule has 0 aliphatic rings. The second-order valence-corrected chi connectivity index (χ2v) is 7.96. The number of benzene rings is 1. The molecule has 9 heteroatoms. The first-order chi connectivity index (χ1) is 11.6. The Balaban J connectivity index is 1.68. The minimum Gasteiger partial charge on any atom is -0.492 e. The smallest absolute Gasteiger partial charge is 0.226 e. The molecule has 0 spiro atoms. The van der Waals surface area contributed by atoms with Gasteiger partial charge >= 0.3 is 0 Å². The molecule has 1 aromatic carbocycles. The van der Waals surface area contributed by atoms with Gasteiger partial charge in [0.1, 0.15) is 5.75 Å². The molecule has 0 saturated carbocycles. The number of aromatic nitrogens is 2. The van der Waals surface area contributed by atoms with Crippen LogP contribution in [0.25, 0.3) is 0 Å². The first-order valence-electron chi connectivity index (χ1n) is 7.42. The molecule has 0 unspecified atom stereocenters. The van der Waals surface area contributed by atoms with E-state index in [2.05, 4.69) is 22.4 Å². The van der Waals surface area contributed by atoms with Gasteiger partial charge in [0.05, 0.1) is 11.6 Å². The average molecular weight is 406 g/mol. The molecule has 130 valence electrons. The Labute approximate surface area is 159 Å². The monoisotopic (exact) mass is 405 g/mol. The van der Waals surface area contributed by atoms with Crippen molar-refractivity contribution in [1.29, 1.82) is 0 Å². The van der Waals surface area contributed by atoms with Gasteiger partial charge in [-0.15, -0.1) is 10.2 Å². The van der Waals surface area contributed by atoms with Crippen molar-refractivity contribution >= 4 is 57.3 Å². The van der Waals surface area contributed by atoms with Crippen LogP contribution in [0.4, 0.5) is 5.13 Å². The van der Waals surface area contributed by atoms with Gasteiger partial charge in [-0.2, -0.15) is 0 Å². The summed E-state index contributed by atoms with van der Waals surface area (Å²) >= 11 is 14.9. The Morgan fingerprint density at radius 1 is 1.38 bits per heavy atom. The maximum atomic E-state index is 11.9. The van der Waals surface area contributed by atoms with E-state index in [0.717, 1.165) is 16.5 Å². The highest BCUT2D eigenvalue weighted by Crippen LogP contribution is 2.28. The number of nitrogens with zero attached hydrogens (tertiary/aromatic N) is 2. The van der Waals surface area contributed by atoms with E-state index < -0.39 is 0 Å². The number of halogens is 2. The predicted molar refractivity (Wildman–Crippen MR) is 101 cm³/mol. The SMILES string of the molecule is CCCSc1nnc(NC(=O)CCCOc2ccc(Cl)cc2Cl)s1. The van der Waals surface area contributed by atoms with Crippen LogP contribution in [0.1, 0.15) is 26.2 Å². The predicted octanol–water partition coefficient (Wildman–Crippen LogP) is 5.14. The normalized spacial score (nSPS) is 10.6. The molecular weight excluding hydrogens is 389 g/mol. The molecule has 5 nitrogen and oxygen atoms in total. The first-order valence-corrected chi connectivity index (χ1v) is 9.98. The molecular formula is C15H17Cl2N3O2S2. The third-order valence-electron chi connectivity index (χ3n) is 2.78. The van der Waals surface area contributed by atoms with Gasteiger partial charge in [-0.05, 0) is 31.0 Å². The van der Waals surface area contributed by atoms with E-state index in [1.54, 1.807) is 30.0 Å². The number of hydrogen-bond donors (Lipinski definition) is 1. The average Bonchev–Trinajstić information content (AvgIpc) is 2.98. The largest absolute Gasteiger partial charge is 0.492 e. The van der Waals surface area contributed by atoms with Crippen LogP contribution in [0.2, 0.25) is 10.0 Å². The lowest BCUT2D eigenvalue weighted by molar-refractivity contribution is -0.116. The molecule has 2 rings (SSSR count). The van der Waals surface area contributed by atoms with Crippen LogP contribution in [0, 0.1) is 0 Å². The summed E-state index contributed by atoms with van der Waals surface area (Å²) in [6.45, 7) is 2.50. The number of carbonyl (C=O) groups excluding carboxylic acids is 1. The standard InChI is InChI=1S/C15H17Cl2N3O2S2/c1-2-8-23-15-20-19-14(24-15)18-13(21)4-3-7-22-12-6-5-10(16)9-11(12)17/h5-6,9H,2-4,7-8H2,1H3,(H,18,19,21). The second kappa shape index (κ2) is 10.1. The summed E-state index contributed by atoms with van der Waals surface area (Å²) < 4.78 is 6.41. The number of hydrogen-bond acceptors (Lipinski definition) is 6. The molecule has 1 aromatic heterocycles. The van der Waals surface area contributed by atoms with Crippen LogP contribution in [-0.4, -0.2) is 28.5 Å². The fourth-order valence-corrected chi connectivity index (χ4v) is 3.85. The Hall–Kier alpha value is -1.02. The summed E-state index contributed by atoms with van der Waals surface area (Å²) in [5, 5.41) is 12.3. The van der Waals surface area contributed by atoms with Crippen molar-refractivity contribution in [2.24, 2.45) is 0 Å². The van der Waals surface area contributed by atoms with Gasteiger partial charge in [0.15, 0.2) is 4.34 Å². The molecule has 0 radical (unpaired) electrons. The van der Waals surface area contributed by atoms with Crippen LogP contribution in [0.15, 0.2) is 22.5 Å². The van der Waals surface area contributed by atoms with E-state index in [4.69, 9.17) is 27.9 Å². The van der Waals surface area contributed by atoms with Crippen molar-refractivity contribution in [2.75, 3.05) is 17.7 Å². The number of nitrogens with one attached hydrogen (secondary N) is 1. The molecule has 0 fully saturated rings. The quantitative estimate of drug-likeness (QED) is 0.355. The van der Waals surface area contributed by atoms with Crippen LogP contribution in [-0.2, 0) is 4.79 Å². The van der Waals surface area contributed by atoms with E-state index in [1.807, 2.05) is 0 Å². The molecule has 2 aromatic rings. The highest BCUT2D eigenvalue weighted by Gasteiger charge is 2.09. The molecule has 0 aliphatic heterocycles. The van der Waals surface area contributed by atoms with Gasteiger partial charge in [-0.3, -0.25) is 4.79 Å². The summed E-state index contributed by atoms with van der Waals surface area (Å²) in [5.74, 6) is 1.44. The molecule has 0 saturated heterocycles. The molecule has 1 amide bonds. The Morgan fingerprint density at radius 2 is 2.21 bits per heavy atom. The van der Waals surface area contributed by atoms with Crippen LogP contribution in [0.3, 0.4) is 0 Å². The topological polar surface area (TPSA) is 64.1 Å². The van der Waals surface area contributed by atoms with E-state index in [9.17, 15) is 4.79 Å². The van der Waals surface area contributed by atoms with Gasteiger partial charge in [0.2, 0.25) is 11.0 Å². The number of amides is 1. The zero-order chi connectivity index (χ0) is 17.4. The van der Waals surface area contributed by atoms with Crippen molar-refractivity contribution in [3.8, 4) is 5.75 Å². The molecule has 24 heavy (non-hydrogen) atoms. The minimum absolute atomic E-state index is 0.107. The maximum Gasteiger partial charge on any atom is 0.226 e. The van der Waals surface area contributed by atoms with E-state index in [1.165, 1.54) is 11.3 Å². The van der Waals surface area contributed by atoms with E-state index >= 15 is 0 Å². The summed E-state index contributed by atoms with van der Waals surface area (Å²) in [6.07, 6.45) is 1.98. The summed E-state index contributed by atoms with van der Waals surface area (Å²) in [7, 11) is 0.